The summed E-state index contributed by atoms with van der Waals surface area (Å²) in [6, 6.07) is 18.0. The molecule has 4 rings (SSSR count). The smallest absolute Gasteiger partial charge is 0.412 e. The van der Waals surface area contributed by atoms with Crippen LogP contribution < -0.4 is 10.6 Å². The van der Waals surface area contributed by atoms with E-state index in [9.17, 15) is 19.1 Å². The van der Waals surface area contributed by atoms with Crippen molar-refractivity contribution in [1.82, 2.24) is 10.1 Å². The van der Waals surface area contributed by atoms with Gasteiger partial charge in [-0.1, -0.05) is 65.3 Å². The van der Waals surface area contributed by atoms with E-state index in [0.29, 0.717) is 16.1 Å². The number of carbonyl (C=O) groups excluding carboxylic acids is 1. The Bertz CT molecular complexity index is 1430. The molecule has 0 aliphatic carbocycles. The number of rotatable bonds is 9. The highest BCUT2D eigenvalue weighted by Gasteiger charge is 2.34. The van der Waals surface area contributed by atoms with E-state index in [1.165, 1.54) is 12.3 Å². The van der Waals surface area contributed by atoms with Crippen molar-refractivity contribution in [3.05, 3.63) is 95.1 Å². The molecular weight excluding hydrogens is 515 g/mol. The Hall–Kier alpha value is -4.44. The van der Waals surface area contributed by atoms with Crippen LogP contribution in [0, 0.1) is 6.01 Å². The third-order valence-corrected chi connectivity index (χ3v) is 6.16. The predicted octanol–water partition coefficient (Wildman–Crippen LogP) is 6.34. The highest BCUT2D eigenvalue weighted by Crippen LogP contribution is 2.31. The number of ether oxygens (including phenoxy) is 1. The summed E-state index contributed by atoms with van der Waals surface area (Å²) in [6.45, 7) is 3.19. The molecule has 1 amide bonds. The van der Waals surface area contributed by atoms with Crippen LogP contribution in [0.2, 0.25) is 5.02 Å². The van der Waals surface area contributed by atoms with E-state index in [2.05, 4.69) is 25.3 Å². The Kier molecular flexibility index (Phi) is 7.92. The molecule has 9 nitrogen and oxygen atoms in total. The lowest BCUT2D eigenvalue weighted by molar-refractivity contribution is -0.141. The lowest BCUT2D eigenvalue weighted by atomic mass is 9.93. The van der Waals surface area contributed by atoms with Crippen molar-refractivity contribution >= 4 is 35.2 Å². The minimum absolute atomic E-state index is 0.0193. The van der Waals surface area contributed by atoms with Crippen molar-refractivity contribution in [1.29, 1.82) is 0 Å². The number of aromatic nitrogens is 2. The highest BCUT2D eigenvalue weighted by molar-refractivity contribution is 6.31. The Labute approximate surface area is 222 Å². The molecule has 2 heterocycles. The number of benzene rings is 2. The van der Waals surface area contributed by atoms with Crippen LogP contribution in [0.5, 0.6) is 0 Å². The van der Waals surface area contributed by atoms with Crippen LogP contribution in [0.1, 0.15) is 31.1 Å². The monoisotopic (exact) mass is 538 g/mol. The van der Waals surface area contributed by atoms with E-state index in [4.69, 9.17) is 16.3 Å². The van der Waals surface area contributed by atoms with Gasteiger partial charge >= 0.3 is 18.1 Å². The number of anilines is 2. The summed E-state index contributed by atoms with van der Waals surface area (Å²) in [5, 5.41) is 19.2. The molecule has 2 aromatic carbocycles. The Morgan fingerprint density at radius 1 is 1.13 bits per heavy atom. The summed E-state index contributed by atoms with van der Waals surface area (Å²) in [6.07, 6.45) is -0.0799. The zero-order chi connectivity index (χ0) is 27.3. The zero-order valence-electron chi connectivity index (χ0n) is 20.4. The second-order valence-corrected chi connectivity index (χ2v) is 9.14. The number of halogens is 2. The third-order valence-electron chi connectivity index (χ3n) is 5.82. The van der Waals surface area contributed by atoms with Crippen molar-refractivity contribution < 1.29 is 28.3 Å². The van der Waals surface area contributed by atoms with E-state index in [-0.39, 0.29) is 23.6 Å². The van der Waals surface area contributed by atoms with Gasteiger partial charge in [-0.3, -0.25) is 5.32 Å². The standard InChI is InChI=1S/C27H24ClFN4O5/c1-16(19-10-6-7-11-20(19)28)37-26(36)31-23-22(33-38-24(23)29)18-12-13-21(30-15-18)32-27(2,25(34)35)14-17-8-4-3-5-9-17/h3-13,15-16H,14H2,1-2H3,(H,30,32)(H,31,36)(H,34,35). The first-order valence-electron chi connectivity index (χ1n) is 11.6. The summed E-state index contributed by atoms with van der Waals surface area (Å²) in [5.74, 6) is -0.775. The maximum atomic E-state index is 14.4. The van der Waals surface area contributed by atoms with Crippen molar-refractivity contribution in [2.75, 3.05) is 10.6 Å². The van der Waals surface area contributed by atoms with Gasteiger partial charge in [0.25, 0.3) is 0 Å². The molecule has 4 aromatic rings. The van der Waals surface area contributed by atoms with Gasteiger partial charge in [0.2, 0.25) is 0 Å². The number of amides is 1. The van der Waals surface area contributed by atoms with Gasteiger partial charge in [0.05, 0.1) is 0 Å². The van der Waals surface area contributed by atoms with Crippen LogP contribution in [0.15, 0.2) is 77.4 Å². The number of nitrogens with zero attached hydrogens (tertiary/aromatic N) is 2. The number of pyridine rings is 1. The molecule has 11 heteroatoms. The van der Waals surface area contributed by atoms with Gasteiger partial charge in [-0.2, -0.15) is 4.39 Å². The first-order chi connectivity index (χ1) is 18.2. The highest BCUT2D eigenvalue weighted by atomic mass is 35.5. The topological polar surface area (TPSA) is 127 Å². The predicted molar refractivity (Wildman–Crippen MR) is 139 cm³/mol. The SMILES string of the molecule is CC(OC(=O)Nc1c(-c2ccc(NC(C)(Cc3ccccc3)C(=O)O)nc2)noc1F)c1ccccc1Cl. The van der Waals surface area contributed by atoms with Crippen LogP contribution in [-0.4, -0.2) is 32.8 Å². The Morgan fingerprint density at radius 2 is 1.84 bits per heavy atom. The molecule has 0 fully saturated rings. The van der Waals surface area contributed by atoms with Crippen LogP contribution >= 0.6 is 11.6 Å². The largest absolute Gasteiger partial charge is 0.480 e. The van der Waals surface area contributed by atoms with Gasteiger partial charge in [-0.05, 0) is 37.6 Å². The second kappa shape index (κ2) is 11.3. The number of hydrogen-bond acceptors (Lipinski definition) is 7. The first kappa shape index (κ1) is 26.6. The van der Waals surface area contributed by atoms with E-state index < -0.39 is 29.7 Å². The summed E-state index contributed by atoms with van der Waals surface area (Å²) < 4.78 is 24.3. The van der Waals surface area contributed by atoms with Gasteiger partial charge in [-0.25, -0.2) is 14.6 Å². The van der Waals surface area contributed by atoms with Crippen molar-refractivity contribution in [2.45, 2.75) is 31.9 Å². The number of nitrogens with one attached hydrogen (secondary N) is 2. The fourth-order valence-electron chi connectivity index (χ4n) is 3.80. The molecule has 0 bridgehead atoms. The normalized spacial score (nSPS) is 13.3. The molecule has 0 aliphatic rings. The summed E-state index contributed by atoms with van der Waals surface area (Å²) in [4.78, 5) is 28.8. The average Bonchev–Trinajstić information content (AvgIpc) is 3.24. The molecule has 2 aromatic heterocycles. The van der Waals surface area contributed by atoms with Crippen LogP contribution in [0.4, 0.5) is 20.7 Å². The molecule has 0 aliphatic heterocycles. The molecule has 38 heavy (non-hydrogen) atoms. The molecule has 2 unspecified atom stereocenters. The van der Waals surface area contributed by atoms with Crippen molar-refractivity contribution in [3.8, 4) is 11.3 Å². The summed E-state index contributed by atoms with van der Waals surface area (Å²) in [5.41, 5.74) is 0.0505. The number of aliphatic carboxylic acids is 1. The van der Waals surface area contributed by atoms with Gasteiger partial charge in [0.15, 0.2) is 5.69 Å². The van der Waals surface area contributed by atoms with Crippen LogP contribution in [0.3, 0.4) is 0 Å². The van der Waals surface area contributed by atoms with E-state index in [1.54, 1.807) is 44.2 Å². The molecule has 2 atom stereocenters. The van der Waals surface area contributed by atoms with E-state index in [0.717, 1.165) is 5.56 Å². The van der Waals surface area contributed by atoms with Gasteiger partial charge in [0, 0.05) is 28.8 Å². The minimum atomic E-state index is -1.34. The lowest BCUT2D eigenvalue weighted by Gasteiger charge is -2.27. The maximum absolute atomic E-state index is 14.4. The molecule has 0 radical (unpaired) electrons. The molecule has 0 saturated heterocycles. The molecule has 196 valence electrons. The minimum Gasteiger partial charge on any atom is -0.480 e. The second-order valence-electron chi connectivity index (χ2n) is 8.73. The zero-order valence-corrected chi connectivity index (χ0v) is 21.2. The summed E-state index contributed by atoms with van der Waals surface area (Å²) in [7, 11) is 0. The molecule has 0 saturated carbocycles. The average molecular weight is 539 g/mol. The van der Waals surface area contributed by atoms with Gasteiger partial charge in [0.1, 0.15) is 23.2 Å². The fraction of sp³-hybridized carbons (Fsp3) is 0.185. The first-order valence-corrected chi connectivity index (χ1v) is 11.9. The van der Waals surface area contributed by atoms with Crippen LogP contribution in [-0.2, 0) is 16.0 Å². The quantitative estimate of drug-likeness (QED) is 0.225. The Morgan fingerprint density at radius 3 is 2.50 bits per heavy atom. The van der Waals surface area contributed by atoms with Gasteiger partial charge < -0.3 is 19.7 Å². The number of carboxylic acid groups (broad SMARTS) is 1. The van der Waals surface area contributed by atoms with E-state index in [1.807, 2.05) is 30.3 Å². The van der Waals surface area contributed by atoms with Crippen molar-refractivity contribution in [3.63, 3.8) is 0 Å². The maximum Gasteiger partial charge on any atom is 0.412 e. The van der Waals surface area contributed by atoms with Crippen LogP contribution in [0.25, 0.3) is 11.3 Å². The van der Waals surface area contributed by atoms with E-state index >= 15 is 0 Å². The number of carbonyl (C=O) groups is 2. The molecule has 0 spiro atoms. The fourth-order valence-corrected chi connectivity index (χ4v) is 4.09. The van der Waals surface area contributed by atoms with Gasteiger partial charge in [-0.15, -0.1) is 0 Å². The molecule has 3 N–H and O–H groups in total. The third kappa shape index (κ3) is 6.09. The number of hydrogen-bond donors (Lipinski definition) is 3. The Balaban J connectivity index is 1.48. The summed E-state index contributed by atoms with van der Waals surface area (Å²) >= 11 is 6.14. The van der Waals surface area contributed by atoms with Crippen molar-refractivity contribution in [2.24, 2.45) is 0 Å². The number of carboxylic acids is 1. The lowest BCUT2D eigenvalue weighted by Crippen LogP contribution is -2.45. The molecular formula is C27H24ClFN4O5.